The van der Waals surface area contributed by atoms with Crippen molar-refractivity contribution in [3.63, 3.8) is 0 Å². The number of carbonyl (C=O) groups excluding carboxylic acids is 2. The first-order valence-electron chi connectivity index (χ1n) is 11.3. The first kappa shape index (κ1) is 22.1. The zero-order valence-electron chi connectivity index (χ0n) is 19.1. The highest BCUT2D eigenvalue weighted by atomic mass is 16.6. The number of pyridine rings is 1. The summed E-state index contributed by atoms with van der Waals surface area (Å²) in [6.07, 6.45) is 7.17. The smallest absolute Gasteiger partial charge is 0.407 e. The Morgan fingerprint density at radius 2 is 1.69 bits per heavy atom. The zero-order chi connectivity index (χ0) is 22.7. The molecule has 2 N–H and O–H groups in total. The van der Waals surface area contributed by atoms with Crippen molar-refractivity contribution in [2.45, 2.75) is 77.1 Å². The Morgan fingerprint density at radius 3 is 2.34 bits per heavy atom. The average Bonchev–Trinajstić information content (AvgIpc) is 3.18. The number of hydrogen-bond acceptors (Lipinski definition) is 4. The normalized spacial score (nSPS) is 20.4. The molecule has 0 atom stereocenters. The highest BCUT2D eigenvalue weighted by molar-refractivity contribution is 5.89. The van der Waals surface area contributed by atoms with Gasteiger partial charge in [-0.3, -0.25) is 4.98 Å². The molecule has 4 rings (SSSR count). The summed E-state index contributed by atoms with van der Waals surface area (Å²) in [5.41, 5.74) is 3.86. The van der Waals surface area contributed by atoms with Crippen molar-refractivity contribution in [2.75, 3.05) is 5.32 Å². The Morgan fingerprint density at radius 1 is 1.00 bits per heavy atom. The lowest BCUT2D eigenvalue weighted by atomic mass is 9.82. The molecule has 0 spiro atoms. The van der Waals surface area contributed by atoms with Gasteiger partial charge in [0.2, 0.25) is 0 Å². The average molecular weight is 437 g/mol. The maximum atomic E-state index is 12.6. The van der Waals surface area contributed by atoms with Crippen molar-refractivity contribution in [3.8, 4) is 0 Å². The Kier molecular flexibility index (Phi) is 6.35. The molecule has 0 bridgehead atoms. The van der Waals surface area contributed by atoms with E-state index in [2.05, 4.69) is 27.8 Å². The van der Waals surface area contributed by atoms with E-state index in [0.29, 0.717) is 19.0 Å². The van der Waals surface area contributed by atoms with Gasteiger partial charge in [0.1, 0.15) is 5.60 Å². The maximum Gasteiger partial charge on any atom is 0.407 e. The molecule has 0 radical (unpaired) electrons. The van der Waals surface area contributed by atoms with Crippen LogP contribution in [-0.4, -0.2) is 33.7 Å². The predicted molar refractivity (Wildman–Crippen MR) is 123 cm³/mol. The number of ether oxygens (including phenoxy) is 1. The van der Waals surface area contributed by atoms with E-state index in [0.717, 1.165) is 42.5 Å². The molecular formula is C25H32N4O3. The first-order chi connectivity index (χ1) is 15.3. The van der Waals surface area contributed by atoms with E-state index in [1.807, 2.05) is 45.2 Å². The molecule has 1 aliphatic carbocycles. The van der Waals surface area contributed by atoms with Crippen LogP contribution in [0.3, 0.4) is 0 Å². The van der Waals surface area contributed by atoms with E-state index in [1.165, 1.54) is 5.56 Å². The van der Waals surface area contributed by atoms with Crippen LogP contribution in [0.1, 0.15) is 69.1 Å². The van der Waals surface area contributed by atoms with Gasteiger partial charge in [-0.15, -0.1) is 0 Å². The minimum absolute atomic E-state index is 0.0947. The van der Waals surface area contributed by atoms with Crippen LogP contribution in [0.4, 0.5) is 15.3 Å². The molecule has 1 aromatic carbocycles. The number of hydrogen-bond donors (Lipinski definition) is 2. The maximum absolute atomic E-state index is 12.6. The summed E-state index contributed by atoms with van der Waals surface area (Å²) in [6.45, 7) is 6.82. The second-order valence-corrected chi connectivity index (χ2v) is 9.75. The van der Waals surface area contributed by atoms with Gasteiger partial charge in [-0.25, -0.2) is 9.59 Å². The monoisotopic (exact) mass is 436 g/mol. The molecule has 2 heterocycles. The number of benzene rings is 1. The fourth-order valence-electron chi connectivity index (χ4n) is 4.45. The second-order valence-electron chi connectivity index (χ2n) is 9.75. The fraction of sp³-hybridized carbons (Fsp3) is 0.480. The van der Waals surface area contributed by atoms with E-state index in [9.17, 15) is 9.59 Å². The molecule has 1 saturated carbocycles. The summed E-state index contributed by atoms with van der Waals surface area (Å²) >= 11 is 0. The quantitative estimate of drug-likeness (QED) is 0.694. The van der Waals surface area contributed by atoms with Crippen LogP contribution in [0.15, 0.2) is 42.7 Å². The van der Waals surface area contributed by atoms with Crippen molar-refractivity contribution >= 4 is 17.8 Å². The van der Waals surface area contributed by atoms with Crippen molar-refractivity contribution < 1.29 is 14.3 Å². The minimum atomic E-state index is -0.478. The summed E-state index contributed by atoms with van der Waals surface area (Å²) in [7, 11) is 0. The van der Waals surface area contributed by atoms with Crippen LogP contribution in [-0.2, 0) is 17.8 Å². The van der Waals surface area contributed by atoms with Gasteiger partial charge in [0.15, 0.2) is 0 Å². The number of rotatable bonds is 3. The summed E-state index contributed by atoms with van der Waals surface area (Å²) in [4.78, 5) is 30.5. The van der Waals surface area contributed by atoms with E-state index in [1.54, 1.807) is 11.1 Å². The predicted octanol–water partition coefficient (Wildman–Crippen LogP) is 5.18. The third-order valence-electron chi connectivity index (χ3n) is 6.10. The number of alkyl carbamates (subject to hydrolysis) is 1. The molecule has 2 aliphatic rings. The third-order valence-corrected chi connectivity index (χ3v) is 6.10. The molecule has 1 fully saturated rings. The number of fused-ring (bicyclic) bond motifs is 1. The summed E-state index contributed by atoms with van der Waals surface area (Å²) < 4.78 is 5.36. The lowest BCUT2D eigenvalue weighted by Crippen LogP contribution is -2.40. The van der Waals surface area contributed by atoms with E-state index >= 15 is 0 Å². The van der Waals surface area contributed by atoms with Crippen LogP contribution in [0.2, 0.25) is 0 Å². The second kappa shape index (κ2) is 9.18. The van der Waals surface area contributed by atoms with Gasteiger partial charge < -0.3 is 20.3 Å². The first-order valence-corrected chi connectivity index (χ1v) is 11.3. The Hall–Kier alpha value is -3.09. The van der Waals surface area contributed by atoms with Crippen LogP contribution < -0.4 is 10.6 Å². The molecular weight excluding hydrogens is 404 g/mol. The largest absolute Gasteiger partial charge is 0.444 e. The van der Waals surface area contributed by atoms with Gasteiger partial charge in [-0.05, 0) is 87.3 Å². The summed E-state index contributed by atoms with van der Waals surface area (Å²) in [6, 6.07) is 10.2. The van der Waals surface area contributed by atoms with Gasteiger partial charge in [-0.1, -0.05) is 12.1 Å². The van der Waals surface area contributed by atoms with Crippen molar-refractivity contribution in [1.29, 1.82) is 0 Å². The minimum Gasteiger partial charge on any atom is -0.444 e. The number of carbonyl (C=O) groups is 2. The van der Waals surface area contributed by atoms with Crippen molar-refractivity contribution in [2.24, 2.45) is 0 Å². The molecule has 1 aliphatic heterocycles. The van der Waals surface area contributed by atoms with Crippen LogP contribution in [0.25, 0.3) is 0 Å². The molecule has 3 amide bonds. The molecule has 7 heteroatoms. The molecule has 170 valence electrons. The highest BCUT2D eigenvalue weighted by Gasteiger charge is 2.26. The van der Waals surface area contributed by atoms with Gasteiger partial charge in [0, 0.05) is 37.2 Å². The molecule has 0 unspecified atom stereocenters. The molecule has 0 saturated heterocycles. The van der Waals surface area contributed by atoms with Gasteiger partial charge in [-0.2, -0.15) is 0 Å². The summed E-state index contributed by atoms with van der Waals surface area (Å²) in [5.74, 6) is 0.469. The number of nitrogens with zero attached hydrogens (tertiary/aromatic N) is 2. The summed E-state index contributed by atoms with van der Waals surface area (Å²) in [5, 5.41) is 6.00. The standard InChI is InChI=1S/C25H32N4O3/c1-25(2,3)32-24(31)28-22-10-6-18(7-11-22)17-4-8-21(9-5-17)27-23(30)29-15-19-12-13-26-14-20(19)16-29/h4-5,8-9,12-14,18,22H,6-7,10-11,15-16H2,1-3H3,(H,27,30)(H,28,31). The molecule has 2 aromatic rings. The lowest BCUT2D eigenvalue weighted by Gasteiger charge is -2.30. The van der Waals surface area contributed by atoms with E-state index < -0.39 is 5.60 Å². The molecule has 1 aromatic heterocycles. The third kappa shape index (κ3) is 5.58. The van der Waals surface area contributed by atoms with Crippen LogP contribution in [0, 0.1) is 0 Å². The van der Waals surface area contributed by atoms with Crippen LogP contribution >= 0.6 is 0 Å². The number of urea groups is 1. The highest BCUT2D eigenvalue weighted by Crippen LogP contribution is 2.33. The van der Waals surface area contributed by atoms with Crippen LogP contribution in [0.5, 0.6) is 0 Å². The number of nitrogens with one attached hydrogen (secondary N) is 2. The topological polar surface area (TPSA) is 83.6 Å². The number of amides is 3. The Labute approximate surface area is 189 Å². The van der Waals surface area contributed by atoms with Crippen molar-refractivity contribution in [1.82, 2.24) is 15.2 Å². The van der Waals surface area contributed by atoms with Gasteiger partial charge in [0.25, 0.3) is 0 Å². The number of anilines is 1. The van der Waals surface area contributed by atoms with E-state index in [4.69, 9.17) is 4.74 Å². The lowest BCUT2D eigenvalue weighted by molar-refractivity contribution is 0.0491. The Balaban J connectivity index is 1.25. The van der Waals surface area contributed by atoms with Gasteiger partial charge in [0.05, 0.1) is 0 Å². The number of aromatic nitrogens is 1. The Bertz CT molecular complexity index is 935. The molecule has 32 heavy (non-hydrogen) atoms. The van der Waals surface area contributed by atoms with Crippen molar-refractivity contribution in [3.05, 3.63) is 59.4 Å². The van der Waals surface area contributed by atoms with E-state index in [-0.39, 0.29) is 18.2 Å². The SMILES string of the molecule is CC(C)(C)OC(=O)NC1CCC(c2ccc(NC(=O)N3Cc4ccncc4C3)cc2)CC1. The fourth-order valence-corrected chi connectivity index (χ4v) is 4.45. The zero-order valence-corrected chi connectivity index (χ0v) is 19.1. The molecule has 7 nitrogen and oxygen atoms in total. The van der Waals surface area contributed by atoms with Gasteiger partial charge >= 0.3 is 12.1 Å².